The largest absolute Gasteiger partial charge is 0.416 e. The van der Waals surface area contributed by atoms with Crippen LogP contribution in [-0.4, -0.2) is 29.9 Å². The zero-order chi connectivity index (χ0) is 14.8. The van der Waals surface area contributed by atoms with Crippen molar-refractivity contribution >= 4 is 18.0 Å². The third-order valence-corrected chi connectivity index (χ3v) is 2.78. The molecule has 1 N–H and O–H groups in total. The van der Waals surface area contributed by atoms with Crippen LogP contribution in [0.25, 0.3) is 6.08 Å². The molecule has 106 valence electrons. The number of alkyl halides is 3. The summed E-state index contributed by atoms with van der Waals surface area (Å²) in [6.45, 7) is 0.688. The highest BCUT2D eigenvalue weighted by atomic mass is 19.4. The summed E-state index contributed by atoms with van der Waals surface area (Å²) >= 11 is 0. The lowest BCUT2D eigenvalue weighted by atomic mass is 10.1. The van der Waals surface area contributed by atoms with Crippen molar-refractivity contribution in [2.75, 3.05) is 13.1 Å². The van der Waals surface area contributed by atoms with Gasteiger partial charge in [0.1, 0.15) is 0 Å². The molecule has 1 fully saturated rings. The minimum atomic E-state index is -4.38. The number of benzene rings is 1. The molecule has 1 aliphatic heterocycles. The van der Waals surface area contributed by atoms with Gasteiger partial charge in [0.2, 0.25) is 0 Å². The summed E-state index contributed by atoms with van der Waals surface area (Å²) in [4.78, 5) is 23.9. The summed E-state index contributed by atoms with van der Waals surface area (Å²) in [6, 6.07) is 3.93. The second kappa shape index (κ2) is 5.36. The maximum Gasteiger partial charge on any atom is 0.416 e. The smallest absolute Gasteiger partial charge is 0.336 e. The van der Waals surface area contributed by atoms with Gasteiger partial charge in [-0.25, -0.2) is 4.79 Å². The molecule has 0 saturated carbocycles. The summed E-state index contributed by atoms with van der Waals surface area (Å²) < 4.78 is 37.1. The first-order valence-corrected chi connectivity index (χ1v) is 5.82. The van der Waals surface area contributed by atoms with E-state index in [0.717, 1.165) is 23.1 Å². The molecule has 0 unspecified atom stereocenters. The molecular weight excluding hydrogens is 273 g/mol. The predicted octanol–water partition coefficient (Wildman–Crippen LogP) is 2.27. The molecule has 4 nitrogen and oxygen atoms in total. The number of imide groups is 1. The molecule has 0 radical (unpaired) electrons. The summed E-state index contributed by atoms with van der Waals surface area (Å²) in [5.41, 5.74) is -0.300. The SMILES string of the molecule is O=C(/C=C/c1ccc(C(F)(F)F)cc1)N1CCNC1=O. The highest BCUT2D eigenvalue weighted by Gasteiger charge is 2.29. The Kier molecular flexibility index (Phi) is 3.78. The molecule has 1 aromatic carbocycles. The third kappa shape index (κ3) is 3.17. The molecule has 7 heteroatoms. The lowest BCUT2D eigenvalue weighted by Gasteiger charge is -2.08. The Morgan fingerprint density at radius 3 is 2.40 bits per heavy atom. The number of nitrogens with zero attached hydrogens (tertiary/aromatic N) is 1. The van der Waals surface area contributed by atoms with Crippen molar-refractivity contribution in [1.82, 2.24) is 10.2 Å². The molecule has 3 amide bonds. The zero-order valence-electron chi connectivity index (χ0n) is 10.3. The molecule has 0 aliphatic carbocycles. The zero-order valence-corrected chi connectivity index (χ0v) is 10.3. The number of carbonyl (C=O) groups is 2. The number of urea groups is 1. The standard InChI is InChI=1S/C13H11F3N2O2/c14-13(15,16)10-4-1-9(2-5-10)3-6-11(19)18-8-7-17-12(18)20/h1-6H,7-8H2,(H,17,20)/b6-3+. The van der Waals surface area contributed by atoms with Gasteiger partial charge in [0.05, 0.1) is 5.56 Å². The van der Waals surface area contributed by atoms with Gasteiger partial charge in [-0.3, -0.25) is 9.69 Å². The Labute approximate surface area is 112 Å². The van der Waals surface area contributed by atoms with E-state index in [-0.39, 0.29) is 6.54 Å². The molecule has 1 heterocycles. The molecule has 1 aromatic rings. The Balaban J connectivity index is 2.04. The Hall–Kier alpha value is -2.31. The molecule has 0 spiro atoms. The summed E-state index contributed by atoms with van der Waals surface area (Å²) in [5, 5.41) is 2.48. The van der Waals surface area contributed by atoms with Crippen LogP contribution in [0.1, 0.15) is 11.1 Å². The van der Waals surface area contributed by atoms with Gasteiger partial charge in [-0.1, -0.05) is 12.1 Å². The number of halogens is 3. The van der Waals surface area contributed by atoms with Crippen molar-refractivity contribution in [3.63, 3.8) is 0 Å². The summed E-state index contributed by atoms with van der Waals surface area (Å²) in [7, 11) is 0. The van der Waals surface area contributed by atoms with Crippen molar-refractivity contribution in [3.05, 3.63) is 41.5 Å². The normalized spacial score (nSPS) is 15.8. The number of carbonyl (C=O) groups excluding carboxylic acids is 2. The van der Waals surface area contributed by atoms with E-state index in [9.17, 15) is 22.8 Å². The fourth-order valence-corrected chi connectivity index (χ4v) is 1.72. The lowest BCUT2D eigenvalue weighted by molar-refractivity contribution is -0.137. The topological polar surface area (TPSA) is 49.4 Å². The quantitative estimate of drug-likeness (QED) is 0.847. The number of amides is 3. The van der Waals surface area contributed by atoms with Crippen LogP contribution in [-0.2, 0) is 11.0 Å². The van der Waals surface area contributed by atoms with Crippen LogP contribution in [0.5, 0.6) is 0 Å². The molecule has 20 heavy (non-hydrogen) atoms. The van der Waals surface area contributed by atoms with Crippen LogP contribution >= 0.6 is 0 Å². The third-order valence-electron chi connectivity index (χ3n) is 2.78. The average Bonchev–Trinajstić information content (AvgIpc) is 2.82. The first kappa shape index (κ1) is 14.1. The van der Waals surface area contributed by atoms with Crippen LogP contribution in [0.4, 0.5) is 18.0 Å². The number of hydrogen-bond acceptors (Lipinski definition) is 2. The number of nitrogens with one attached hydrogen (secondary N) is 1. The summed E-state index contributed by atoms with van der Waals surface area (Å²) in [6.07, 6.45) is -1.85. The fraction of sp³-hybridized carbons (Fsp3) is 0.231. The first-order chi connectivity index (χ1) is 9.38. The number of hydrogen-bond donors (Lipinski definition) is 1. The maximum absolute atomic E-state index is 12.4. The van der Waals surface area contributed by atoms with Crippen LogP contribution in [0, 0.1) is 0 Å². The van der Waals surface area contributed by atoms with E-state index in [4.69, 9.17) is 0 Å². The van der Waals surface area contributed by atoms with E-state index < -0.39 is 23.7 Å². The Morgan fingerprint density at radius 1 is 1.25 bits per heavy atom. The molecule has 0 bridgehead atoms. The minimum absolute atomic E-state index is 0.287. The molecule has 0 atom stereocenters. The highest BCUT2D eigenvalue weighted by molar-refractivity contribution is 6.03. The molecule has 2 rings (SSSR count). The lowest BCUT2D eigenvalue weighted by Crippen LogP contribution is -2.32. The van der Waals surface area contributed by atoms with Gasteiger partial charge in [-0.15, -0.1) is 0 Å². The predicted molar refractivity (Wildman–Crippen MR) is 65.6 cm³/mol. The van der Waals surface area contributed by atoms with Crippen molar-refractivity contribution in [1.29, 1.82) is 0 Å². The van der Waals surface area contributed by atoms with Crippen LogP contribution in [0.3, 0.4) is 0 Å². The van der Waals surface area contributed by atoms with Gasteiger partial charge in [0.15, 0.2) is 0 Å². The van der Waals surface area contributed by atoms with E-state index in [2.05, 4.69) is 5.32 Å². The minimum Gasteiger partial charge on any atom is -0.336 e. The maximum atomic E-state index is 12.4. The molecule has 0 aromatic heterocycles. The Bertz CT molecular complexity index is 550. The van der Waals surface area contributed by atoms with E-state index in [0.29, 0.717) is 12.1 Å². The monoisotopic (exact) mass is 284 g/mol. The van der Waals surface area contributed by atoms with Gasteiger partial charge in [0, 0.05) is 19.2 Å². The van der Waals surface area contributed by atoms with Crippen molar-refractivity contribution < 1.29 is 22.8 Å². The van der Waals surface area contributed by atoms with Crippen molar-refractivity contribution in [2.45, 2.75) is 6.18 Å². The van der Waals surface area contributed by atoms with E-state index >= 15 is 0 Å². The van der Waals surface area contributed by atoms with Gasteiger partial charge in [0.25, 0.3) is 5.91 Å². The van der Waals surface area contributed by atoms with Gasteiger partial charge in [-0.05, 0) is 23.8 Å². The van der Waals surface area contributed by atoms with Crippen molar-refractivity contribution in [3.8, 4) is 0 Å². The highest BCUT2D eigenvalue weighted by Crippen LogP contribution is 2.29. The Morgan fingerprint density at radius 2 is 1.90 bits per heavy atom. The van der Waals surface area contributed by atoms with Gasteiger partial charge >= 0.3 is 12.2 Å². The van der Waals surface area contributed by atoms with Crippen LogP contribution in [0.2, 0.25) is 0 Å². The van der Waals surface area contributed by atoms with E-state index in [1.807, 2.05) is 0 Å². The second-order valence-electron chi connectivity index (χ2n) is 4.17. The fourth-order valence-electron chi connectivity index (χ4n) is 1.72. The van der Waals surface area contributed by atoms with Crippen molar-refractivity contribution in [2.24, 2.45) is 0 Å². The molecule has 1 saturated heterocycles. The second-order valence-corrected chi connectivity index (χ2v) is 4.17. The number of rotatable bonds is 2. The van der Waals surface area contributed by atoms with E-state index in [1.165, 1.54) is 18.2 Å². The van der Waals surface area contributed by atoms with Crippen LogP contribution in [0.15, 0.2) is 30.3 Å². The first-order valence-electron chi connectivity index (χ1n) is 5.82. The van der Waals surface area contributed by atoms with E-state index in [1.54, 1.807) is 0 Å². The average molecular weight is 284 g/mol. The van der Waals surface area contributed by atoms with Gasteiger partial charge in [-0.2, -0.15) is 13.2 Å². The summed E-state index contributed by atoms with van der Waals surface area (Å²) in [5.74, 6) is -0.500. The van der Waals surface area contributed by atoms with Crippen LogP contribution < -0.4 is 5.32 Å². The van der Waals surface area contributed by atoms with Gasteiger partial charge < -0.3 is 5.32 Å². The molecular formula is C13H11F3N2O2. The molecule has 1 aliphatic rings.